The first-order valence-electron chi connectivity index (χ1n) is 7.27. The van der Waals surface area contributed by atoms with Crippen LogP contribution >= 0.6 is 11.6 Å². The Kier molecular flexibility index (Phi) is 4.64. The summed E-state index contributed by atoms with van der Waals surface area (Å²) in [6.07, 6.45) is 3.01. The molecule has 1 atom stereocenters. The lowest BCUT2D eigenvalue weighted by Crippen LogP contribution is -2.27. The second-order valence-corrected chi connectivity index (χ2v) is 7.63. The fourth-order valence-corrected chi connectivity index (χ4v) is 4.10. The number of hydrogen-bond acceptors (Lipinski definition) is 3. The van der Waals surface area contributed by atoms with Crippen molar-refractivity contribution < 1.29 is 22.7 Å². The van der Waals surface area contributed by atoms with E-state index in [0.717, 1.165) is 12.1 Å². The van der Waals surface area contributed by atoms with Crippen LogP contribution in [0.3, 0.4) is 0 Å². The van der Waals surface area contributed by atoms with Crippen LogP contribution in [0.4, 0.5) is 4.39 Å². The minimum absolute atomic E-state index is 0.0597. The standard InChI is InChI=1S/C17H13ClFNO4S/c18-15-7-5-13-12(14(15)9-17(21)22)6-8-16(13)20-25(23,24)11-3-1-10(19)2-4-11/h1-8,16,20H,9H2,(H,21,22). The number of carboxylic acid groups (broad SMARTS) is 1. The summed E-state index contributed by atoms with van der Waals surface area (Å²) >= 11 is 6.07. The van der Waals surface area contributed by atoms with Crippen molar-refractivity contribution in [2.75, 3.05) is 0 Å². The molecule has 0 aliphatic heterocycles. The zero-order valence-corrected chi connectivity index (χ0v) is 14.3. The summed E-state index contributed by atoms with van der Waals surface area (Å²) in [4.78, 5) is 11.0. The number of fused-ring (bicyclic) bond motifs is 1. The van der Waals surface area contributed by atoms with Gasteiger partial charge in [-0.15, -0.1) is 0 Å². The molecule has 5 nitrogen and oxygen atoms in total. The van der Waals surface area contributed by atoms with Crippen molar-refractivity contribution in [3.05, 3.63) is 70.0 Å². The first-order valence-corrected chi connectivity index (χ1v) is 9.13. The summed E-state index contributed by atoms with van der Waals surface area (Å²) in [5.41, 5.74) is 1.65. The van der Waals surface area contributed by atoms with Gasteiger partial charge in [0.15, 0.2) is 0 Å². The van der Waals surface area contributed by atoms with Crippen LogP contribution in [0.1, 0.15) is 22.7 Å². The first kappa shape index (κ1) is 17.6. The van der Waals surface area contributed by atoms with Crippen LogP contribution in [0.2, 0.25) is 5.02 Å². The van der Waals surface area contributed by atoms with Crippen molar-refractivity contribution in [3.63, 3.8) is 0 Å². The Morgan fingerprint density at radius 2 is 1.88 bits per heavy atom. The smallest absolute Gasteiger partial charge is 0.307 e. The third-order valence-electron chi connectivity index (χ3n) is 3.86. The number of aliphatic carboxylic acids is 1. The molecule has 0 aromatic heterocycles. The summed E-state index contributed by atoms with van der Waals surface area (Å²) in [5.74, 6) is -1.56. The van der Waals surface area contributed by atoms with Crippen LogP contribution < -0.4 is 4.72 Å². The molecule has 0 fully saturated rings. The van der Waals surface area contributed by atoms with E-state index in [1.54, 1.807) is 24.3 Å². The van der Waals surface area contributed by atoms with Gasteiger partial charge in [0.25, 0.3) is 0 Å². The lowest BCUT2D eigenvalue weighted by molar-refractivity contribution is -0.136. The highest BCUT2D eigenvalue weighted by atomic mass is 35.5. The molecule has 8 heteroatoms. The monoisotopic (exact) mass is 381 g/mol. The second kappa shape index (κ2) is 6.59. The first-order chi connectivity index (χ1) is 11.8. The molecule has 3 rings (SSSR count). The van der Waals surface area contributed by atoms with E-state index < -0.39 is 27.9 Å². The lowest BCUT2D eigenvalue weighted by Gasteiger charge is -2.16. The molecule has 2 aromatic rings. The highest BCUT2D eigenvalue weighted by Gasteiger charge is 2.26. The van der Waals surface area contributed by atoms with E-state index in [9.17, 15) is 17.6 Å². The molecule has 0 radical (unpaired) electrons. The Labute approximate surface area is 148 Å². The van der Waals surface area contributed by atoms with Crippen molar-refractivity contribution in [2.45, 2.75) is 17.4 Å². The predicted molar refractivity (Wildman–Crippen MR) is 91.3 cm³/mol. The maximum Gasteiger partial charge on any atom is 0.307 e. The molecule has 0 bridgehead atoms. The van der Waals surface area contributed by atoms with E-state index in [-0.39, 0.29) is 11.3 Å². The van der Waals surface area contributed by atoms with Gasteiger partial charge < -0.3 is 5.11 Å². The Hall–Kier alpha value is -2.22. The maximum atomic E-state index is 13.0. The Bertz CT molecular complexity index is 971. The summed E-state index contributed by atoms with van der Waals surface area (Å²) in [7, 11) is -3.87. The van der Waals surface area contributed by atoms with Gasteiger partial charge in [-0.05, 0) is 47.0 Å². The summed E-state index contributed by atoms with van der Waals surface area (Å²) in [5, 5.41) is 9.33. The number of sulfonamides is 1. The van der Waals surface area contributed by atoms with Crippen LogP contribution in [0.5, 0.6) is 0 Å². The molecule has 1 aliphatic carbocycles. The number of hydrogen-bond donors (Lipinski definition) is 2. The van der Waals surface area contributed by atoms with E-state index in [1.165, 1.54) is 12.1 Å². The molecule has 2 N–H and O–H groups in total. The summed E-state index contributed by atoms with van der Waals surface area (Å²) in [6, 6.07) is 7.03. The van der Waals surface area contributed by atoms with Gasteiger partial charge in [0.05, 0.1) is 17.4 Å². The Balaban J connectivity index is 1.92. The topological polar surface area (TPSA) is 83.5 Å². The fraction of sp³-hybridized carbons (Fsp3) is 0.118. The molecule has 130 valence electrons. The van der Waals surface area contributed by atoms with Crippen molar-refractivity contribution in [1.29, 1.82) is 0 Å². The van der Waals surface area contributed by atoms with Gasteiger partial charge in [0.1, 0.15) is 5.82 Å². The molecule has 0 saturated heterocycles. The zero-order valence-electron chi connectivity index (χ0n) is 12.7. The molecule has 0 amide bonds. The number of benzene rings is 2. The fourth-order valence-electron chi connectivity index (χ4n) is 2.70. The number of halogens is 2. The normalized spacial score (nSPS) is 16.0. The van der Waals surface area contributed by atoms with Crippen molar-refractivity contribution >= 4 is 33.7 Å². The minimum atomic E-state index is -3.87. The molecule has 25 heavy (non-hydrogen) atoms. The number of nitrogens with one attached hydrogen (secondary N) is 1. The lowest BCUT2D eigenvalue weighted by atomic mass is 9.99. The van der Waals surface area contributed by atoms with E-state index in [1.807, 2.05) is 0 Å². The van der Waals surface area contributed by atoms with Crippen LogP contribution in [-0.4, -0.2) is 19.5 Å². The minimum Gasteiger partial charge on any atom is -0.481 e. The van der Waals surface area contributed by atoms with Crippen molar-refractivity contribution in [1.82, 2.24) is 4.72 Å². The summed E-state index contributed by atoms with van der Waals surface area (Å²) < 4.78 is 40.4. The van der Waals surface area contributed by atoms with Gasteiger partial charge in [-0.3, -0.25) is 4.79 Å². The van der Waals surface area contributed by atoms with Gasteiger partial charge in [-0.2, -0.15) is 4.72 Å². The van der Waals surface area contributed by atoms with Crippen molar-refractivity contribution in [2.24, 2.45) is 0 Å². The predicted octanol–water partition coefficient (Wildman–Crippen LogP) is 3.15. The van der Waals surface area contributed by atoms with E-state index in [4.69, 9.17) is 16.7 Å². The molecule has 0 heterocycles. The van der Waals surface area contributed by atoms with Gasteiger partial charge in [0.2, 0.25) is 10.0 Å². The third kappa shape index (κ3) is 3.58. The van der Waals surface area contributed by atoms with E-state index in [0.29, 0.717) is 21.7 Å². The van der Waals surface area contributed by atoms with Crippen LogP contribution in [0.15, 0.2) is 47.4 Å². The molecule has 1 unspecified atom stereocenters. The van der Waals surface area contributed by atoms with Gasteiger partial charge >= 0.3 is 5.97 Å². The number of carboxylic acids is 1. The SMILES string of the molecule is O=C(O)Cc1c(Cl)ccc2c1C=CC2NS(=O)(=O)c1ccc(F)cc1. The molecule has 1 aliphatic rings. The molecular weight excluding hydrogens is 369 g/mol. The maximum absolute atomic E-state index is 13.0. The van der Waals surface area contributed by atoms with Crippen LogP contribution in [0, 0.1) is 5.82 Å². The number of carbonyl (C=O) groups is 1. The number of rotatable bonds is 5. The molecular formula is C17H13ClFNO4S. The highest BCUT2D eigenvalue weighted by molar-refractivity contribution is 7.89. The van der Waals surface area contributed by atoms with Crippen LogP contribution in [-0.2, 0) is 21.2 Å². The van der Waals surface area contributed by atoms with E-state index >= 15 is 0 Å². The highest BCUT2D eigenvalue weighted by Crippen LogP contribution is 2.35. The second-order valence-electron chi connectivity index (χ2n) is 5.51. The van der Waals surface area contributed by atoms with E-state index in [2.05, 4.69) is 4.72 Å². The average Bonchev–Trinajstić information content (AvgIpc) is 2.93. The molecule has 2 aromatic carbocycles. The van der Waals surface area contributed by atoms with Gasteiger partial charge in [0, 0.05) is 5.02 Å². The largest absolute Gasteiger partial charge is 0.481 e. The quantitative estimate of drug-likeness (QED) is 0.833. The molecule has 0 saturated carbocycles. The van der Waals surface area contributed by atoms with Crippen LogP contribution in [0.25, 0.3) is 6.08 Å². The Morgan fingerprint density at radius 1 is 1.20 bits per heavy atom. The average molecular weight is 382 g/mol. The molecule has 0 spiro atoms. The van der Waals surface area contributed by atoms with Gasteiger partial charge in [-0.1, -0.05) is 29.8 Å². The van der Waals surface area contributed by atoms with Gasteiger partial charge in [-0.25, -0.2) is 12.8 Å². The third-order valence-corrected chi connectivity index (χ3v) is 5.67. The van der Waals surface area contributed by atoms with Crippen molar-refractivity contribution in [3.8, 4) is 0 Å². The summed E-state index contributed by atoms with van der Waals surface area (Å²) in [6.45, 7) is 0. The zero-order chi connectivity index (χ0) is 18.2. The Morgan fingerprint density at radius 3 is 2.52 bits per heavy atom.